The first kappa shape index (κ1) is 18.0. The van der Waals surface area contributed by atoms with E-state index in [1.165, 1.54) is 12.1 Å². The molecule has 6 nitrogen and oxygen atoms in total. The summed E-state index contributed by atoms with van der Waals surface area (Å²) in [7, 11) is 0. The third-order valence-electron chi connectivity index (χ3n) is 4.82. The van der Waals surface area contributed by atoms with Gasteiger partial charge in [-0.2, -0.15) is 0 Å². The van der Waals surface area contributed by atoms with Crippen molar-refractivity contribution in [1.29, 1.82) is 0 Å². The van der Waals surface area contributed by atoms with Crippen molar-refractivity contribution < 1.29 is 9.18 Å². The summed E-state index contributed by atoms with van der Waals surface area (Å²) in [6.45, 7) is 1.38. The van der Waals surface area contributed by atoms with Gasteiger partial charge in [0.05, 0.1) is 11.6 Å². The summed E-state index contributed by atoms with van der Waals surface area (Å²) in [6.07, 6.45) is 5.14. The maximum absolute atomic E-state index is 13.3. The van der Waals surface area contributed by atoms with E-state index < -0.39 is 0 Å². The first-order chi connectivity index (χ1) is 13.7. The summed E-state index contributed by atoms with van der Waals surface area (Å²) < 4.78 is 13.3. The van der Waals surface area contributed by atoms with Crippen molar-refractivity contribution in [3.05, 3.63) is 66.7 Å². The molecule has 1 aromatic carbocycles. The number of piperidine rings is 1. The van der Waals surface area contributed by atoms with E-state index in [4.69, 9.17) is 0 Å². The molecule has 1 saturated heterocycles. The Morgan fingerprint density at radius 3 is 2.82 bits per heavy atom. The highest BCUT2D eigenvalue weighted by molar-refractivity contribution is 5.93. The van der Waals surface area contributed by atoms with Gasteiger partial charge in [-0.25, -0.2) is 4.39 Å². The molecular weight excluding hydrogens is 357 g/mol. The van der Waals surface area contributed by atoms with E-state index in [2.05, 4.69) is 25.4 Å². The lowest BCUT2D eigenvalue weighted by Gasteiger charge is -2.32. The highest BCUT2D eigenvalue weighted by atomic mass is 19.1. The molecule has 1 amide bonds. The van der Waals surface area contributed by atoms with Crippen LogP contribution >= 0.6 is 0 Å². The second-order valence-electron chi connectivity index (χ2n) is 6.80. The molecule has 0 aliphatic carbocycles. The van der Waals surface area contributed by atoms with Gasteiger partial charge in [-0.3, -0.25) is 9.78 Å². The summed E-state index contributed by atoms with van der Waals surface area (Å²) >= 11 is 0. The fourth-order valence-electron chi connectivity index (χ4n) is 3.37. The van der Waals surface area contributed by atoms with Crippen molar-refractivity contribution in [3.63, 3.8) is 0 Å². The van der Waals surface area contributed by atoms with Gasteiger partial charge >= 0.3 is 0 Å². The monoisotopic (exact) mass is 377 g/mol. The van der Waals surface area contributed by atoms with E-state index in [0.29, 0.717) is 12.2 Å². The van der Waals surface area contributed by atoms with Gasteiger partial charge in [0.1, 0.15) is 5.82 Å². The van der Waals surface area contributed by atoms with Crippen LogP contribution in [0, 0.1) is 11.7 Å². The van der Waals surface area contributed by atoms with Crippen molar-refractivity contribution in [2.24, 2.45) is 5.92 Å². The summed E-state index contributed by atoms with van der Waals surface area (Å²) in [5.74, 6) is 0.0926. The summed E-state index contributed by atoms with van der Waals surface area (Å²) in [4.78, 5) is 18.8. The maximum Gasteiger partial charge on any atom is 0.229 e. The Hall–Kier alpha value is -3.35. The zero-order chi connectivity index (χ0) is 19.3. The zero-order valence-corrected chi connectivity index (χ0v) is 15.3. The normalized spacial score (nSPS) is 16.6. The lowest BCUT2D eigenvalue weighted by atomic mass is 9.97. The molecule has 1 aliphatic rings. The van der Waals surface area contributed by atoms with Gasteiger partial charge in [0.25, 0.3) is 0 Å². The van der Waals surface area contributed by atoms with Crippen LogP contribution in [0.25, 0.3) is 11.3 Å². The van der Waals surface area contributed by atoms with Crippen LogP contribution in [0.2, 0.25) is 0 Å². The summed E-state index contributed by atoms with van der Waals surface area (Å²) in [6, 6.07) is 13.6. The third-order valence-corrected chi connectivity index (χ3v) is 4.82. The maximum atomic E-state index is 13.3. The van der Waals surface area contributed by atoms with Gasteiger partial charge in [0.15, 0.2) is 5.82 Å². The number of halogens is 1. The van der Waals surface area contributed by atoms with Crippen LogP contribution in [0.1, 0.15) is 12.8 Å². The Labute approximate surface area is 162 Å². The number of aromatic nitrogens is 3. The summed E-state index contributed by atoms with van der Waals surface area (Å²) in [5.41, 5.74) is 2.14. The smallest absolute Gasteiger partial charge is 0.229 e. The average molecular weight is 377 g/mol. The second-order valence-corrected chi connectivity index (χ2v) is 6.80. The average Bonchev–Trinajstić information content (AvgIpc) is 2.75. The predicted molar refractivity (Wildman–Crippen MR) is 105 cm³/mol. The lowest BCUT2D eigenvalue weighted by Crippen LogP contribution is -2.41. The molecule has 28 heavy (non-hydrogen) atoms. The van der Waals surface area contributed by atoms with Gasteiger partial charge in [-0.05, 0) is 55.3 Å². The molecule has 0 spiro atoms. The van der Waals surface area contributed by atoms with Crippen LogP contribution in [0.15, 0.2) is 60.9 Å². The Bertz CT molecular complexity index is 949. The molecule has 1 atom stereocenters. The molecule has 0 radical (unpaired) electrons. The first-order valence-corrected chi connectivity index (χ1v) is 9.24. The molecule has 4 rings (SSSR count). The number of amides is 1. The van der Waals surface area contributed by atoms with Crippen LogP contribution in [-0.4, -0.2) is 34.2 Å². The zero-order valence-electron chi connectivity index (χ0n) is 15.3. The van der Waals surface area contributed by atoms with Crippen LogP contribution in [0.4, 0.5) is 15.9 Å². The Morgan fingerprint density at radius 1 is 1.14 bits per heavy atom. The van der Waals surface area contributed by atoms with Gasteiger partial charge in [0, 0.05) is 36.7 Å². The standard InChI is InChI=1S/C21H20FN5O/c22-17-6-1-7-18(12-17)24-21(28)16-5-3-11-27(14-16)20-9-8-19(25-26-20)15-4-2-10-23-13-15/h1-2,4,6-10,12-13,16H,3,5,11,14H2,(H,24,28). The van der Waals surface area contributed by atoms with Crippen molar-refractivity contribution in [2.75, 3.05) is 23.3 Å². The lowest BCUT2D eigenvalue weighted by molar-refractivity contribution is -0.120. The van der Waals surface area contributed by atoms with Crippen molar-refractivity contribution in [2.45, 2.75) is 12.8 Å². The predicted octanol–water partition coefficient (Wildman–Crippen LogP) is 3.53. The summed E-state index contributed by atoms with van der Waals surface area (Å²) in [5, 5.41) is 11.4. The van der Waals surface area contributed by atoms with Crippen molar-refractivity contribution in [1.82, 2.24) is 15.2 Å². The van der Waals surface area contributed by atoms with Crippen LogP contribution in [-0.2, 0) is 4.79 Å². The first-order valence-electron chi connectivity index (χ1n) is 9.24. The third kappa shape index (κ3) is 4.14. The number of anilines is 2. The molecule has 3 aromatic rings. The number of carbonyl (C=O) groups excluding carboxylic acids is 1. The van der Waals surface area contributed by atoms with E-state index >= 15 is 0 Å². The van der Waals surface area contributed by atoms with Crippen molar-refractivity contribution >= 4 is 17.4 Å². The minimum Gasteiger partial charge on any atom is -0.354 e. The molecule has 2 aromatic heterocycles. The Balaban J connectivity index is 1.42. The van der Waals surface area contributed by atoms with Crippen molar-refractivity contribution in [3.8, 4) is 11.3 Å². The molecule has 142 valence electrons. The number of hydrogen-bond acceptors (Lipinski definition) is 5. The molecule has 0 bridgehead atoms. The van der Waals surface area contributed by atoms with E-state index in [0.717, 1.165) is 36.5 Å². The molecule has 1 unspecified atom stereocenters. The SMILES string of the molecule is O=C(Nc1cccc(F)c1)C1CCCN(c2ccc(-c3cccnc3)nn2)C1. The second kappa shape index (κ2) is 8.12. The van der Waals surface area contributed by atoms with E-state index in [1.54, 1.807) is 24.5 Å². The Kier molecular flexibility index (Phi) is 5.23. The molecule has 1 N–H and O–H groups in total. The molecule has 1 fully saturated rings. The van der Waals surface area contributed by atoms with Crippen LogP contribution in [0.3, 0.4) is 0 Å². The topological polar surface area (TPSA) is 71.0 Å². The largest absolute Gasteiger partial charge is 0.354 e. The number of benzene rings is 1. The number of carbonyl (C=O) groups is 1. The number of hydrogen-bond donors (Lipinski definition) is 1. The minimum atomic E-state index is -0.368. The number of nitrogens with zero attached hydrogens (tertiary/aromatic N) is 4. The van der Waals surface area contributed by atoms with Crippen LogP contribution < -0.4 is 10.2 Å². The molecule has 1 aliphatic heterocycles. The minimum absolute atomic E-state index is 0.102. The Morgan fingerprint density at radius 2 is 2.07 bits per heavy atom. The van der Waals surface area contributed by atoms with E-state index in [9.17, 15) is 9.18 Å². The fourth-order valence-corrected chi connectivity index (χ4v) is 3.37. The quantitative estimate of drug-likeness (QED) is 0.753. The molecule has 3 heterocycles. The van der Waals surface area contributed by atoms with Gasteiger partial charge in [0.2, 0.25) is 5.91 Å². The molecular formula is C21H20FN5O. The van der Waals surface area contributed by atoms with E-state index in [-0.39, 0.29) is 17.6 Å². The highest BCUT2D eigenvalue weighted by Gasteiger charge is 2.27. The number of nitrogens with one attached hydrogen (secondary N) is 1. The molecule has 0 saturated carbocycles. The fraction of sp³-hybridized carbons (Fsp3) is 0.238. The van der Waals surface area contributed by atoms with Gasteiger partial charge < -0.3 is 10.2 Å². The molecule has 7 heteroatoms. The van der Waals surface area contributed by atoms with Crippen LogP contribution in [0.5, 0.6) is 0 Å². The van der Waals surface area contributed by atoms with Gasteiger partial charge in [-0.1, -0.05) is 6.07 Å². The number of rotatable bonds is 4. The van der Waals surface area contributed by atoms with E-state index in [1.807, 2.05) is 24.3 Å². The number of pyridine rings is 1. The van der Waals surface area contributed by atoms with Gasteiger partial charge in [-0.15, -0.1) is 10.2 Å². The highest BCUT2D eigenvalue weighted by Crippen LogP contribution is 2.24.